The second-order valence-corrected chi connectivity index (χ2v) is 5.39. The Balaban J connectivity index is 2.33. The lowest BCUT2D eigenvalue weighted by atomic mass is 10.1. The standard InChI is InChI=1S/C16H18BrNO3/c1-20-15-8-4-7-13(16(15)21-2)14(10-19)18-12-6-3-5-11(17)9-12/h3-9,14,18-19H,10H2,1-2H3. The SMILES string of the molecule is COc1cccc(C(CO)Nc2cccc(Br)c2)c1OC. The molecule has 2 rings (SSSR count). The number of rotatable bonds is 6. The summed E-state index contributed by atoms with van der Waals surface area (Å²) in [5.41, 5.74) is 1.76. The van der Waals surface area contributed by atoms with E-state index in [1.165, 1.54) is 0 Å². The zero-order valence-corrected chi connectivity index (χ0v) is 13.6. The fourth-order valence-electron chi connectivity index (χ4n) is 2.19. The molecule has 0 heterocycles. The molecule has 0 saturated heterocycles. The highest BCUT2D eigenvalue weighted by atomic mass is 79.9. The van der Waals surface area contributed by atoms with Crippen LogP contribution in [0.15, 0.2) is 46.9 Å². The van der Waals surface area contributed by atoms with Gasteiger partial charge in [-0.25, -0.2) is 0 Å². The van der Waals surface area contributed by atoms with E-state index < -0.39 is 0 Å². The number of para-hydroxylation sites is 1. The number of hydrogen-bond acceptors (Lipinski definition) is 4. The third kappa shape index (κ3) is 3.68. The number of methoxy groups -OCH3 is 2. The van der Waals surface area contributed by atoms with Gasteiger partial charge in [0.15, 0.2) is 11.5 Å². The first-order chi connectivity index (χ1) is 10.2. The van der Waals surface area contributed by atoms with Crippen LogP contribution in [0.25, 0.3) is 0 Å². The monoisotopic (exact) mass is 351 g/mol. The van der Waals surface area contributed by atoms with Gasteiger partial charge in [-0.2, -0.15) is 0 Å². The van der Waals surface area contributed by atoms with Gasteiger partial charge in [0.1, 0.15) is 0 Å². The topological polar surface area (TPSA) is 50.7 Å². The zero-order chi connectivity index (χ0) is 15.2. The van der Waals surface area contributed by atoms with Crippen molar-refractivity contribution in [2.75, 3.05) is 26.1 Å². The summed E-state index contributed by atoms with van der Waals surface area (Å²) in [7, 11) is 3.19. The highest BCUT2D eigenvalue weighted by Gasteiger charge is 2.18. The molecule has 21 heavy (non-hydrogen) atoms. The van der Waals surface area contributed by atoms with Crippen molar-refractivity contribution in [2.24, 2.45) is 0 Å². The molecule has 1 unspecified atom stereocenters. The molecule has 0 fully saturated rings. The Hall–Kier alpha value is -1.72. The average molecular weight is 352 g/mol. The molecule has 5 heteroatoms. The lowest BCUT2D eigenvalue weighted by Crippen LogP contribution is -2.16. The Morgan fingerprint density at radius 3 is 2.52 bits per heavy atom. The van der Waals surface area contributed by atoms with Crippen molar-refractivity contribution in [3.8, 4) is 11.5 Å². The van der Waals surface area contributed by atoms with E-state index in [2.05, 4.69) is 21.2 Å². The van der Waals surface area contributed by atoms with E-state index in [-0.39, 0.29) is 12.6 Å². The minimum absolute atomic E-state index is 0.0595. The van der Waals surface area contributed by atoms with Crippen LogP contribution < -0.4 is 14.8 Å². The number of nitrogens with one attached hydrogen (secondary N) is 1. The summed E-state index contributed by atoms with van der Waals surface area (Å²) in [4.78, 5) is 0. The molecule has 2 N–H and O–H groups in total. The van der Waals surface area contributed by atoms with E-state index in [9.17, 15) is 5.11 Å². The zero-order valence-electron chi connectivity index (χ0n) is 12.0. The van der Waals surface area contributed by atoms with E-state index in [1.54, 1.807) is 14.2 Å². The van der Waals surface area contributed by atoms with Crippen molar-refractivity contribution in [3.63, 3.8) is 0 Å². The van der Waals surface area contributed by atoms with Gasteiger partial charge in [0.2, 0.25) is 0 Å². The fourth-order valence-corrected chi connectivity index (χ4v) is 2.59. The Kier molecular flexibility index (Phi) is 5.47. The highest BCUT2D eigenvalue weighted by molar-refractivity contribution is 9.10. The largest absolute Gasteiger partial charge is 0.493 e. The van der Waals surface area contributed by atoms with Crippen LogP contribution in [0.1, 0.15) is 11.6 Å². The van der Waals surface area contributed by atoms with Gasteiger partial charge in [0, 0.05) is 15.7 Å². The normalized spacial score (nSPS) is 11.8. The molecule has 112 valence electrons. The van der Waals surface area contributed by atoms with Gasteiger partial charge < -0.3 is 19.9 Å². The third-order valence-corrected chi connectivity index (χ3v) is 3.65. The van der Waals surface area contributed by atoms with E-state index in [0.717, 1.165) is 15.7 Å². The molecular formula is C16H18BrNO3. The summed E-state index contributed by atoms with van der Waals surface area (Å²) in [6.07, 6.45) is 0. The number of halogens is 1. The summed E-state index contributed by atoms with van der Waals surface area (Å²) < 4.78 is 11.7. The second-order valence-electron chi connectivity index (χ2n) is 4.47. The maximum Gasteiger partial charge on any atom is 0.166 e. The van der Waals surface area contributed by atoms with Crippen molar-refractivity contribution in [3.05, 3.63) is 52.5 Å². The molecule has 0 amide bonds. The maximum atomic E-state index is 9.72. The van der Waals surface area contributed by atoms with E-state index in [0.29, 0.717) is 11.5 Å². The lowest BCUT2D eigenvalue weighted by molar-refractivity contribution is 0.271. The Bertz CT molecular complexity index is 604. The minimum Gasteiger partial charge on any atom is -0.493 e. The molecule has 0 saturated carbocycles. The predicted molar refractivity (Wildman–Crippen MR) is 87.1 cm³/mol. The van der Waals surface area contributed by atoms with Gasteiger partial charge in [-0.3, -0.25) is 0 Å². The van der Waals surface area contributed by atoms with Crippen LogP contribution in [0.3, 0.4) is 0 Å². The van der Waals surface area contributed by atoms with Crippen LogP contribution in [-0.4, -0.2) is 25.9 Å². The molecule has 2 aromatic carbocycles. The van der Waals surface area contributed by atoms with Crippen LogP contribution in [-0.2, 0) is 0 Å². The summed E-state index contributed by atoms with van der Waals surface area (Å²) in [6, 6.07) is 13.1. The maximum absolute atomic E-state index is 9.72. The van der Waals surface area contributed by atoms with Crippen LogP contribution in [0.2, 0.25) is 0 Å². The van der Waals surface area contributed by atoms with Gasteiger partial charge >= 0.3 is 0 Å². The number of ether oxygens (including phenoxy) is 2. The van der Waals surface area contributed by atoms with Gasteiger partial charge in [0.05, 0.1) is 26.9 Å². The van der Waals surface area contributed by atoms with Crippen LogP contribution in [0.4, 0.5) is 5.69 Å². The van der Waals surface area contributed by atoms with Gasteiger partial charge in [0.25, 0.3) is 0 Å². The number of benzene rings is 2. The van der Waals surface area contributed by atoms with E-state index in [4.69, 9.17) is 9.47 Å². The van der Waals surface area contributed by atoms with Crippen molar-refractivity contribution in [1.29, 1.82) is 0 Å². The Labute approximate surface area is 132 Å². The molecule has 4 nitrogen and oxygen atoms in total. The van der Waals surface area contributed by atoms with E-state index >= 15 is 0 Å². The van der Waals surface area contributed by atoms with Gasteiger partial charge in [-0.15, -0.1) is 0 Å². The molecule has 2 aromatic rings. The third-order valence-electron chi connectivity index (χ3n) is 3.16. The quantitative estimate of drug-likeness (QED) is 0.834. The van der Waals surface area contributed by atoms with Crippen LogP contribution >= 0.6 is 15.9 Å². The Morgan fingerprint density at radius 1 is 1.14 bits per heavy atom. The molecule has 0 aromatic heterocycles. The number of hydrogen-bond donors (Lipinski definition) is 2. The number of anilines is 1. The molecule has 0 aliphatic heterocycles. The molecule has 0 bridgehead atoms. The van der Waals surface area contributed by atoms with Crippen molar-refractivity contribution >= 4 is 21.6 Å². The Morgan fingerprint density at radius 2 is 1.90 bits per heavy atom. The van der Waals surface area contributed by atoms with Gasteiger partial charge in [-0.1, -0.05) is 34.1 Å². The number of aliphatic hydroxyl groups excluding tert-OH is 1. The van der Waals surface area contributed by atoms with Crippen LogP contribution in [0.5, 0.6) is 11.5 Å². The van der Waals surface area contributed by atoms with E-state index in [1.807, 2.05) is 42.5 Å². The number of aliphatic hydroxyl groups is 1. The molecule has 0 spiro atoms. The average Bonchev–Trinajstić information content (AvgIpc) is 2.51. The molecule has 0 radical (unpaired) electrons. The molecule has 0 aliphatic rings. The first kappa shape index (κ1) is 15.7. The van der Waals surface area contributed by atoms with Crippen molar-refractivity contribution < 1.29 is 14.6 Å². The first-order valence-electron chi connectivity index (χ1n) is 6.53. The summed E-state index contributed by atoms with van der Waals surface area (Å²) in [6.45, 7) is -0.0595. The lowest BCUT2D eigenvalue weighted by Gasteiger charge is -2.21. The molecule has 1 atom stereocenters. The van der Waals surface area contributed by atoms with Crippen molar-refractivity contribution in [1.82, 2.24) is 0 Å². The van der Waals surface area contributed by atoms with Gasteiger partial charge in [-0.05, 0) is 24.3 Å². The predicted octanol–water partition coefficient (Wildman–Crippen LogP) is 3.61. The first-order valence-corrected chi connectivity index (χ1v) is 7.32. The fraction of sp³-hybridized carbons (Fsp3) is 0.250. The smallest absolute Gasteiger partial charge is 0.166 e. The minimum atomic E-state index is -0.288. The second kappa shape index (κ2) is 7.33. The summed E-state index contributed by atoms with van der Waals surface area (Å²) >= 11 is 3.43. The molecular weight excluding hydrogens is 334 g/mol. The summed E-state index contributed by atoms with van der Waals surface area (Å²) in [5, 5.41) is 13.0. The van der Waals surface area contributed by atoms with Crippen molar-refractivity contribution in [2.45, 2.75) is 6.04 Å². The highest BCUT2D eigenvalue weighted by Crippen LogP contribution is 2.35. The molecule has 0 aliphatic carbocycles. The summed E-state index contributed by atoms with van der Waals surface area (Å²) in [5.74, 6) is 1.27. The van der Waals surface area contributed by atoms with Crippen LogP contribution in [0, 0.1) is 0 Å².